The molecule has 1 rings (SSSR count). The third-order valence-corrected chi connectivity index (χ3v) is 14.3. The predicted molar refractivity (Wildman–Crippen MR) is 118 cm³/mol. The van der Waals surface area contributed by atoms with Gasteiger partial charge < -0.3 is 8.99 Å². The largest absolute Gasteiger partial charge is 0.413 e. The number of hydrogen-bond donors (Lipinski definition) is 0. The summed E-state index contributed by atoms with van der Waals surface area (Å²) in [5.74, 6) is 0.420. The van der Waals surface area contributed by atoms with Gasteiger partial charge in [0.1, 0.15) is 0 Å². The van der Waals surface area contributed by atoms with Crippen LogP contribution in [-0.2, 0) is 9.22 Å². The lowest BCUT2D eigenvalue weighted by atomic mass is 9.84. The molecule has 1 aliphatic heterocycles. The minimum Gasteiger partial charge on any atom is -0.413 e. The third-order valence-electron chi connectivity index (χ3n) is 5.97. The Balaban J connectivity index is 2.97. The van der Waals surface area contributed by atoms with E-state index in [-0.39, 0.29) is 17.1 Å². The molecule has 148 valence electrons. The fraction of sp³-hybridized carbons (Fsp3) is 0.947. The highest BCUT2D eigenvalue weighted by atomic mass is 28.4. The standard InChI is InChI=1S/C19H43NO2Si3/c1-15(22-25(11,12)19(2,3)4)17-16(13-14-23(5,6)7)20(18(17)21)24(8,9)10/h15-17H,13-14H2,1-12H3/t15-,16+,17-/m1/s1. The lowest BCUT2D eigenvalue weighted by Crippen LogP contribution is -2.72. The van der Waals surface area contributed by atoms with Crippen LogP contribution in [0.5, 0.6) is 0 Å². The van der Waals surface area contributed by atoms with Crippen molar-refractivity contribution in [2.75, 3.05) is 0 Å². The molecule has 1 saturated heterocycles. The SMILES string of the molecule is C[C@@H](O[Si](C)(C)C(C)(C)C)[C@H]1C(=O)N([Si](C)(C)C)[C@H]1CC[Si](C)(C)C. The van der Waals surface area contributed by atoms with Gasteiger partial charge in [0.2, 0.25) is 5.91 Å². The molecule has 6 heteroatoms. The molecule has 3 nitrogen and oxygen atoms in total. The van der Waals surface area contributed by atoms with Gasteiger partial charge in [0, 0.05) is 14.1 Å². The molecule has 1 heterocycles. The normalized spacial score (nSPS) is 24.3. The quantitative estimate of drug-likeness (QED) is 0.399. The molecule has 25 heavy (non-hydrogen) atoms. The molecule has 0 unspecified atom stereocenters. The maximum Gasteiger partial charge on any atom is 0.222 e. The minimum absolute atomic E-state index is 0.0348. The summed E-state index contributed by atoms with van der Waals surface area (Å²) in [7, 11) is -4.58. The van der Waals surface area contributed by atoms with Crippen molar-refractivity contribution in [3.8, 4) is 0 Å². The molecule has 0 aromatic rings. The molecule has 0 aromatic carbocycles. The van der Waals surface area contributed by atoms with Gasteiger partial charge >= 0.3 is 0 Å². The number of hydrogen-bond acceptors (Lipinski definition) is 2. The van der Waals surface area contributed by atoms with Crippen LogP contribution in [0, 0.1) is 5.92 Å². The van der Waals surface area contributed by atoms with Gasteiger partial charge in [0.05, 0.1) is 12.0 Å². The average Bonchev–Trinajstić information content (AvgIpc) is 2.28. The fourth-order valence-corrected chi connectivity index (χ4v) is 8.20. The number of amides is 1. The summed E-state index contributed by atoms with van der Waals surface area (Å²) < 4.78 is 8.89. The Labute approximate surface area is 160 Å². The van der Waals surface area contributed by atoms with Crippen LogP contribution >= 0.6 is 0 Å². The van der Waals surface area contributed by atoms with Gasteiger partial charge in [-0.25, -0.2) is 0 Å². The molecule has 1 aliphatic rings. The van der Waals surface area contributed by atoms with Crippen molar-refractivity contribution in [2.24, 2.45) is 5.92 Å². The van der Waals surface area contributed by atoms with Crippen molar-refractivity contribution >= 4 is 30.5 Å². The Morgan fingerprint density at radius 1 is 1.04 bits per heavy atom. The van der Waals surface area contributed by atoms with E-state index in [9.17, 15) is 4.79 Å². The van der Waals surface area contributed by atoms with Crippen molar-refractivity contribution < 1.29 is 9.22 Å². The first-order valence-corrected chi connectivity index (χ1v) is 20.0. The zero-order valence-corrected chi connectivity index (χ0v) is 21.9. The monoisotopic (exact) mass is 401 g/mol. The van der Waals surface area contributed by atoms with Gasteiger partial charge in [-0.05, 0) is 31.5 Å². The first-order chi connectivity index (χ1) is 10.9. The van der Waals surface area contributed by atoms with Gasteiger partial charge in [-0.2, -0.15) is 0 Å². The number of β-lactam (4-membered cyclic amide) rings is 1. The van der Waals surface area contributed by atoms with E-state index >= 15 is 0 Å². The maximum atomic E-state index is 13.0. The molecule has 0 bridgehead atoms. The van der Waals surface area contributed by atoms with E-state index in [0.717, 1.165) is 6.42 Å². The molecule has 0 aromatic heterocycles. The third kappa shape index (κ3) is 5.53. The molecule has 1 amide bonds. The van der Waals surface area contributed by atoms with Crippen LogP contribution in [0.4, 0.5) is 0 Å². The number of rotatable bonds is 7. The van der Waals surface area contributed by atoms with Crippen LogP contribution in [0.1, 0.15) is 34.1 Å². The topological polar surface area (TPSA) is 29.5 Å². The van der Waals surface area contributed by atoms with Crippen LogP contribution in [-0.4, -0.2) is 47.2 Å². The maximum absolute atomic E-state index is 13.0. The van der Waals surface area contributed by atoms with E-state index in [1.165, 1.54) is 6.04 Å². The molecular weight excluding hydrogens is 358 g/mol. The summed E-state index contributed by atoms with van der Waals surface area (Å²) in [6.45, 7) is 27.7. The van der Waals surface area contributed by atoms with Gasteiger partial charge in [-0.15, -0.1) is 0 Å². The van der Waals surface area contributed by atoms with Crippen LogP contribution in [0.15, 0.2) is 0 Å². The Morgan fingerprint density at radius 3 is 1.88 bits per heavy atom. The molecule has 1 fully saturated rings. The summed E-state index contributed by atoms with van der Waals surface area (Å²) in [4.78, 5) is 13.0. The molecule has 0 radical (unpaired) electrons. The highest BCUT2D eigenvalue weighted by Gasteiger charge is 2.55. The molecule has 0 saturated carbocycles. The zero-order chi connectivity index (χ0) is 20.0. The molecule has 0 spiro atoms. The van der Waals surface area contributed by atoms with Crippen LogP contribution < -0.4 is 0 Å². The van der Waals surface area contributed by atoms with Crippen LogP contribution in [0.3, 0.4) is 0 Å². The van der Waals surface area contributed by atoms with Crippen molar-refractivity contribution in [3.05, 3.63) is 0 Å². The molecule has 0 aliphatic carbocycles. The number of carbonyl (C=O) groups is 1. The summed E-state index contributed by atoms with van der Waals surface area (Å²) in [5.41, 5.74) is 0. The van der Waals surface area contributed by atoms with Crippen LogP contribution in [0.25, 0.3) is 0 Å². The second-order valence-corrected chi connectivity index (χ2v) is 26.9. The van der Waals surface area contributed by atoms with E-state index in [2.05, 4.69) is 84.6 Å². The first kappa shape index (κ1) is 23.1. The average molecular weight is 402 g/mol. The Morgan fingerprint density at radius 2 is 1.52 bits per heavy atom. The molecule has 3 atom stereocenters. The predicted octanol–water partition coefficient (Wildman–Crippen LogP) is 5.79. The van der Waals surface area contributed by atoms with E-state index in [4.69, 9.17) is 4.43 Å². The van der Waals surface area contributed by atoms with Gasteiger partial charge in [0.15, 0.2) is 16.6 Å². The summed E-state index contributed by atoms with van der Waals surface area (Å²) in [5, 5.41) is 0.181. The summed E-state index contributed by atoms with van der Waals surface area (Å²) in [6, 6.07) is 1.68. The van der Waals surface area contributed by atoms with E-state index in [1.54, 1.807) is 0 Å². The van der Waals surface area contributed by atoms with Gasteiger partial charge in [-0.1, -0.05) is 66.1 Å². The number of carbonyl (C=O) groups excluding carboxylic acids is 1. The van der Waals surface area contributed by atoms with E-state index in [0.29, 0.717) is 11.9 Å². The van der Waals surface area contributed by atoms with Crippen molar-refractivity contribution in [2.45, 2.75) is 110 Å². The Bertz CT molecular complexity index is 486. The zero-order valence-electron chi connectivity index (χ0n) is 18.9. The van der Waals surface area contributed by atoms with Crippen LogP contribution in [0.2, 0.25) is 63.5 Å². The Kier molecular flexibility index (Phi) is 6.70. The van der Waals surface area contributed by atoms with Crippen molar-refractivity contribution in [1.82, 2.24) is 4.57 Å². The Hall–Kier alpha value is 0.0806. The van der Waals surface area contributed by atoms with E-state index < -0.39 is 24.6 Å². The summed E-state index contributed by atoms with van der Waals surface area (Å²) >= 11 is 0. The lowest BCUT2D eigenvalue weighted by molar-refractivity contribution is -0.154. The second kappa shape index (κ2) is 7.24. The summed E-state index contributed by atoms with van der Waals surface area (Å²) in [6.07, 6.45) is 1.19. The van der Waals surface area contributed by atoms with Gasteiger partial charge in [0.25, 0.3) is 0 Å². The molecule has 0 N–H and O–H groups in total. The fourth-order valence-electron chi connectivity index (χ4n) is 3.51. The van der Waals surface area contributed by atoms with Gasteiger partial charge in [-0.3, -0.25) is 4.79 Å². The number of nitrogens with zero attached hydrogens (tertiary/aromatic N) is 1. The lowest BCUT2D eigenvalue weighted by Gasteiger charge is -2.56. The van der Waals surface area contributed by atoms with Crippen molar-refractivity contribution in [1.29, 1.82) is 0 Å². The smallest absolute Gasteiger partial charge is 0.222 e. The highest BCUT2D eigenvalue weighted by molar-refractivity contribution is 6.77. The minimum atomic E-state index is -1.85. The van der Waals surface area contributed by atoms with E-state index in [1.807, 2.05) is 0 Å². The second-order valence-electron chi connectivity index (χ2n) is 11.7. The molecular formula is C19H43NO2Si3. The first-order valence-electron chi connectivity index (χ1n) is 9.89. The van der Waals surface area contributed by atoms with Crippen molar-refractivity contribution in [3.63, 3.8) is 0 Å². The highest BCUT2D eigenvalue weighted by Crippen LogP contribution is 2.43.